The van der Waals surface area contributed by atoms with Crippen molar-refractivity contribution in [3.63, 3.8) is 0 Å². The third-order valence-corrected chi connectivity index (χ3v) is 7.02. The molecule has 204 valence electrons. The number of carboxylic acid groups (broad SMARTS) is 1. The molecule has 2 aromatic carbocycles. The molecule has 0 aliphatic carbocycles. The summed E-state index contributed by atoms with van der Waals surface area (Å²) < 4.78 is 5.12. The van der Waals surface area contributed by atoms with Crippen molar-refractivity contribution in [2.75, 3.05) is 32.8 Å². The maximum atomic E-state index is 12.2. The summed E-state index contributed by atoms with van der Waals surface area (Å²) >= 11 is 5.95. The second-order valence-electron chi connectivity index (χ2n) is 8.98. The molecule has 0 saturated carbocycles. The molecule has 0 unspecified atom stereocenters. The second-order valence-corrected chi connectivity index (χ2v) is 9.42. The van der Waals surface area contributed by atoms with Crippen molar-refractivity contribution in [3.05, 3.63) is 69.4 Å². The van der Waals surface area contributed by atoms with E-state index in [1.807, 2.05) is 6.07 Å². The topological polar surface area (TPSA) is 103 Å². The Morgan fingerprint density at radius 1 is 1.05 bits per heavy atom. The smallest absolute Gasteiger partial charge is 0.410 e. The fourth-order valence-corrected chi connectivity index (χ4v) is 4.71. The van der Waals surface area contributed by atoms with E-state index < -0.39 is 12.1 Å². The minimum atomic E-state index is -1.24. The first-order valence-corrected chi connectivity index (χ1v) is 13.4. The molecule has 0 bridgehead atoms. The molecule has 38 heavy (non-hydrogen) atoms. The second kappa shape index (κ2) is 13.4. The van der Waals surface area contributed by atoms with Gasteiger partial charge in [0.15, 0.2) is 5.75 Å². The molecule has 1 aromatic heterocycles. The number of halogens is 1. The van der Waals surface area contributed by atoms with Crippen LogP contribution in [-0.2, 0) is 24.1 Å². The van der Waals surface area contributed by atoms with Gasteiger partial charge in [0.05, 0.1) is 24.4 Å². The highest BCUT2D eigenvalue weighted by Gasteiger charge is 2.27. The number of aromatic hydroxyl groups is 1. The van der Waals surface area contributed by atoms with Gasteiger partial charge in [0, 0.05) is 28.9 Å². The number of hydrogen-bond acceptors (Lipinski definition) is 6. The molecule has 3 aromatic rings. The van der Waals surface area contributed by atoms with Crippen LogP contribution < -0.4 is 0 Å². The van der Waals surface area contributed by atoms with Gasteiger partial charge >= 0.3 is 12.1 Å². The number of hydrogen-bond donors (Lipinski definition) is 2. The van der Waals surface area contributed by atoms with Crippen molar-refractivity contribution < 1.29 is 24.5 Å². The van der Waals surface area contributed by atoms with Gasteiger partial charge in [-0.25, -0.2) is 14.6 Å². The Kier molecular flexibility index (Phi) is 10.3. The molecule has 2 N–H and O–H groups in total. The number of benzene rings is 2. The first-order chi connectivity index (χ1) is 18.2. The van der Waals surface area contributed by atoms with E-state index in [9.17, 15) is 19.8 Å². The first-order valence-electron chi connectivity index (χ1n) is 13.0. The molecule has 8 nitrogen and oxygen atoms in total. The van der Waals surface area contributed by atoms with Crippen molar-refractivity contribution >= 4 is 34.6 Å². The highest BCUT2D eigenvalue weighted by atomic mass is 35.5. The number of aromatic nitrogens is 1. The predicted molar refractivity (Wildman–Crippen MR) is 149 cm³/mol. The first kappa shape index (κ1) is 29.2. The van der Waals surface area contributed by atoms with E-state index in [1.54, 1.807) is 42.2 Å². The molecule has 0 atom stereocenters. The van der Waals surface area contributed by atoms with Crippen molar-refractivity contribution in [1.82, 2.24) is 14.8 Å². The van der Waals surface area contributed by atoms with Crippen LogP contribution in [0.5, 0.6) is 5.75 Å². The molecule has 1 amide bonds. The van der Waals surface area contributed by atoms with E-state index in [1.165, 1.54) is 19.6 Å². The molecular weight excluding hydrogens is 506 g/mol. The number of ether oxygens (including phenoxy) is 1. The summed E-state index contributed by atoms with van der Waals surface area (Å²) in [5.41, 5.74) is 3.15. The summed E-state index contributed by atoms with van der Waals surface area (Å²) in [5.74, 6) is -1.59. The lowest BCUT2D eigenvalue weighted by Gasteiger charge is -2.29. The summed E-state index contributed by atoms with van der Waals surface area (Å²) in [6, 6.07) is 10.6. The van der Waals surface area contributed by atoms with Crippen LogP contribution >= 0.6 is 11.6 Å². The SMILES string of the molecule is CCN(CC)CC.CCOC(=O)N1CCc2ccc3c(C(=O)O)c(O)c(Cc4ccc(Cl)cc4)nc3c2C1. The molecule has 0 fully saturated rings. The Bertz CT molecular complexity index is 1270. The summed E-state index contributed by atoms with van der Waals surface area (Å²) in [6.45, 7) is 12.9. The van der Waals surface area contributed by atoms with Gasteiger partial charge in [-0.05, 0) is 56.2 Å². The number of carbonyl (C=O) groups excluding carboxylic acids is 1. The van der Waals surface area contributed by atoms with E-state index in [-0.39, 0.29) is 36.6 Å². The average molecular weight is 542 g/mol. The number of fused-ring (bicyclic) bond motifs is 3. The number of aromatic carboxylic acids is 1. The molecule has 4 rings (SSSR count). The van der Waals surface area contributed by atoms with E-state index in [0.29, 0.717) is 28.9 Å². The van der Waals surface area contributed by atoms with E-state index in [0.717, 1.165) is 16.7 Å². The Balaban J connectivity index is 0.000000505. The number of amides is 1. The van der Waals surface area contributed by atoms with Crippen molar-refractivity contribution in [3.8, 4) is 5.75 Å². The van der Waals surface area contributed by atoms with E-state index in [2.05, 4.69) is 30.7 Å². The van der Waals surface area contributed by atoms with Gasteiger partial charge in [-0.2, -0.15) is 0 Å². The van der Waals surface area contributed by atoms with E-state index >= 15 is 0 Å². The maximum Gasteiger partial charge on any atom is 0.410 e. The van der Waals surface area contributed by atoms with Crippen molar-refractivity contribution in [1.29, 1.82) is 0 Å². The minimum Gasteiger partial charge on any atom is -0.505 e. The van der Waals surface area contributed by atoms with Crippen LogP contribution in [0.3, 0.4) is 0 Å². The highest BCUT2D eigenvalue weighted by Crippen LogP contribution is 2.35. The highest BCUT2D eigenvalue weighted by molar-refractivity contribution is 6.30. The van der Waals surface area contributed by atoms with Gasteiger partial charge in [0.2, 0.25) is 0 Å². The molecule has 1 aliphatic rings. The molecule has 9 heteroatoms. The fraction of sp³-hybridized carbons (Fsp3) is 0.414. The Labute approximate surface area is 228 Å². The lowest BCUT2D eigenvalue weighted by atomic mass is 9.93. The number of carbonyl (C=O) groups is 2. The third-order valence-electron chi connectivity index (χ3n) is 6.77. The van der Waals surface area contributed by atoms with E-state index in [4.69, 9.17) is 16.3 Å². The Morgan fingerprint density at radius 2 is 1.71 bits per heavy atom. The lowest BCUT2D eigenvalue weighted by Crippen LogP contribution is -2.36. The molecule has 1 aliphatic heterocycles. The van der Waals surface area contributed by atoms with Crippen LogP contribution in [0.2, 0.25) is 5.02 Å². The van der Waals surface area contributed by atoms with Crippen LogP contribution in [0, 0.1) is 0 Å². The number of pyridine rings is 1. The molecule has 0 saturated heterocycles. The summed E-state index contributed by atoms with van der Waals surface area (Å²) in [7, 11) is 0. The van der Waals surface area contributed by atoms with Gasteiger partial charge in [-0.1, -0.05) is 56.6 Å². The quantitative estimate of drug-likeness (QED) is 0.393. The normalized spacial score (nSPS) is 12.6. The standard InChI is InChI=1S/C23H21ClN2O5.C6H15N/c1-2-31-23(30)26-10-9-14-5-8-16-19(22(28)29)21(27)18(25-20(16)17(14)12-26)11-13-3-6-15(24)7-4-13;1-4-7(5-2)6-3/h3-8,27H,2,9-12H2,1H3,(H,28,29);4-6H2,1-3H3. The zero-order valence-electron chi connectivity index (χ0n) is 22.5. The Hall–Kier alpha value is -3.36. The fourth-order valence-electron chi connectivity index (χ4n) is 4.58. The largest absolute Gasteiger partial charge is 0.505 e. The number of rotatable bonds is 7. The Morgan fingerprint density at radius 3 is 2.26 bits per heavy atom. The monoisotopic (exact) mass is 541 g/mol. The van der Waals surface area contributed by atoms with Gasteiger partial charge in [0.25, 0.3) is 0 Å². The molecule has 2 heterocycles. The molecular formula is C29H36ClN3O5. The number of nitrogens with zero attached hydrogens (tertiary/aromatic N) is 3. The lowest BCUT2D eigenvalue weighted by molar-refractivity contribution is 0.0695. The van der Waals surface area contributed by atoms with Crippen LogP contribution in [0.25, 0.3) is 10.9 Å². The zero-order chi connectivity index (χ0) is 27.8. The van der Waals surface area contributed by atoms with Crippen molar-refractivity contribution in [2.24, 2.45) is 0 Å². The summed E-state index contributed by atoms with van der Waals surface area (Å²) in [6.07, 6.45) is 0.440. The van der Waals surface area contributed by atoms with Gasteiger partial charge in [-0.15, -0.1) is 0 Å². The predicted octanol–water partition coefficient (Wildman–Crippen LogP) is 5.75. The van der Waals surface area contributed by atoms with Gasteiger partial charge in [-0.3, -0.25) is 0 Å². The maximum absolute atomic E-state index is 12.2. The number of carboxylic acids is 1. The van der Waals surface area contributed by atoms with Crippen molar-refractivity contribution in [2.45, 2.75) is 47.1 Å². The van der Waals surface area contributed by atoms with Crippen LogP contribution in [0.4, 0.5) is 4.79 Å². The summed E-state index contributed by atoms with van der Waals surface area (Å²) in [5, 5.41) is 21.5. The average Bonchev–Trinajstić information content (AvgIpc) is 2.91. The molecule has 0 radical (unpaired) electrons. The summed E-state index contributed by atoms with van der Waals surface area (Å²) in [4.78, 5) is 32.9. The third kappa shape index (κ3) is 6.74. The van der Waals surface area contributed by atoms with Gasteiger partial charge < -0.3 is 24.7 Å². The van der Waals surface area contributed by atoms with Crippen LogP contribution in [-0.4, -0.2) is 69.8 Å². The van der Waals surface area contributed by atoms with Crippen LogP contribution in [0.1, 0.15) is 60.4 Å². The minimum absolute atomic E-state index is 0.190. The molecule has 0 spiro atoms. The zero-order valence-corrected chi connectivity index (χ0v) is 23.2. The van der Waals surface area contributed by atoms with Gasteiger partial charge in [0.1, 0.15) is 5.56 Å². The van der Waals surface area contributed by atoms with Crippen LogP contribution in [0.15, 0.2) is 36.4 Å².